The lowest BCUT2D eigenvalue weighted by Crippen LogP contribution is -2.45. The van der Waals surface area contributed by atoms with E-state index >= 15 is 0 Å². The van der Waals surface area contributed by atoms with Gasteiger partial charge in [-0.2, -0.15) is 4.98 Å². The van der Waals surface area contributed by atoms with Crippen LogP contribution in [0.25, 0.3) is 0 Å². The van der Waals surface area contributed by atoms with Crippen LogP contribution in [0.1, 0.15) is 20.8 Å². The fraction of sp³-hybridized carbons (Fsp3) is 0.500. The SMILES string of the molecule is COc1ccc([N+](=O)[O-])c(N(CC(=O)O)C(C)(C)C)n1. The summed E-state index contributed by atoms with van der Waals surface area (Å²) in [5.41, 5.74) is -0.912. The molecule has 0 aliphatic heterocycles. The van der Waals surface area contributed by atoms with E-state index in [0.717, 1.165) is 0 Å². The first-order valence-corrected chi connectivity index (χ1v) is 5.85. The van der Waals surface area contributed by atoms with Crippen molar-refractivity contribution < 1.29 is 19.6 Å². The van der Waals surface area contributed by atoms with E-state index < -0.39 is 23.0 Å². The van der Waals surface area contributed by atoms with Crippen molar-refractivity contribution in [3.05, 3.63) is 22.2 Å². The minimum absolute atomic E-state index is 0.0238. The van der Waals surface area contributed by atoms with Crippen molar-refractivity contribution in [3.8, 4) is 5.88 Å². The van der Waals surface area contributed by atoms with Crippen LogP contribution in [0.2, 0.25) is 0 Å². The van der Waals surface area contributed by atoms with Crippen LogP contribution in [-0.4, -0.2) is 40.2 Å². The summed E-state index contributed by atoms with van der Waals surface area (Å²) in [6.07, 6.45) is 0. The summed E-state index contributed by atoms with van der Waals surface area (Å²) in [6.45, 7) is 4.85. The minimum atomic E-state index is -1.10. The normalized spacial score (nSPS) is 11.0. The second kappa shape index (κ2) is 5.72. The van der Waals surface area contributed by atoms with E-state index in [0.29, 0.717) is 0 Å². The van der Waals surface area contributed by atoms with E-state index in [4.69, 9.17) is 9.84 Å². The highest BCUT2D eigenvalue weighted by molar-refractivity contribution is 5.75. The largest absolute Gasteiger partial charge is 0.481 e. The number of carboxylic acid groups (broad SMARTS) is 1. The Bertz CT molecular complexity index is 524. The molecule has 110 valence electrons. The average Bonchev–Trinajstić information content (AvgIpc) is 2.33. The lowest BCUT2D eigenvalue weighted by Gasteiger charge is -2.34. The molecule has 20 heavy (non-hydrogen) atoms. The molecule has 1 rings (SSSR count). The van der Waals surface area contributed by atoms with Crippen LogP contribution in [0.15, 0.2) is 12.1 Å². The number of carbonyl (C=O) groups is 1. The first-order valence-electron chi connectivity index (χ1n) is 5.85. The molecule has 0 aliphatic carbocycles. The third kappa shape index (κ3) is 3.56. The highest BCUT2D eigenvalue weighted by Gasteiger charge is 2.31. The number of anilines is 1. The second-order valence-corrected chi connectivity index (χ2v) is 5.10. The molecule has 0 amide bonds. The Labute approximate surface area is 116 Å². The monoisotopic (exact) mass is 283 g/mol. The zero-order valence-corrected chi connectivity index (χ0v) is 11.8. The zero-order chi connectivity index (χ0) is 15.5. The van der Waals surface area contributed by atoms with Crippen molar-refractivity contribution in [3.63, 3.8) is 0 Å². The summed E-state index contributed by atoms with van der Waals surface area (Å²) in [4.78, 5) is 26.9. The van der Waals surface area contributed by atoms with E-state index in [9.17, 15) is 14.9 Å². The van der Waals surface area contributed by atoms with Gasteiger partial charge in [0.15, 0.2) is 0 Å². The zero-order valence-electron chi connectivity index (χ0n) is 11.8. The molecule has 0 bridgehead atoms. The maximum Gasteiger partial charge on any atom is 0.323 e. The molecule has 0 saturated heterocycles. The van der Waals surface area contributed by atoms with E-state index in [1.54, 1.807) is 20.8 Å². The molecule has 0 aromatic carbocycles. The summed E-state index contributed by atoms with van der Waals surface area (Å²) in [5.74, 6) is -0.937. The predicted molar refractivity (Wildman–Crippen MR) is 72.2 cm³/mol. The number of aliphatic carboxylic acids is 1. The molecule has 8 heteroatoms. The van der Waals surface area contributed by atoms with Gasteiger partial charge in [0.1, 0.15) is 6.54 Å². The van der Waals surface area contributed by atoms with Crippen molar-refractivity contribution in [2.24, 2.45) is 0 Å². The Morgan fingerprint density at radius 1 is 1.50 bits per heavy atom. The third-order valence-corrected chi connectivity index (χ3v) is 2.59. The molecule has 1 N–H and O–H groups in total. The van der Waals surface area contributed by atoms with Crippen LogP contribution in [0.3, 0.4) is 0 Å². The molecule has 0 unspecified atom stereocenters. The highest BCUT2D eigenvalue weighted by Crippen LogP contribution is 2.32. The van der Waals surface area contributed by atoms with Gasteiger partial charge in [-0.3, -0.25) is 14.9 Å². The number of rotatable bonds is 5. The number of nitrogens with zero attached hydrogens (tertiary/aromatic N) is 3. The topological polar surface area (TPSA) is 106 Å². The predicted octanol–water partition coefficient (Wildman–Crippen LogP) is 1.69. The van der Waals surface area contributed by atoms with Gasteiger partial charge in [-0.25, -0.2) is 0 Å². The second-order valence-electron chi connectivity index (χ2n) is 5.10. The van der Waals surface area contributed by atoms with Crippen LogP contribution < -0.4 is 9.64 Å². The molecule has 8 nitrogen and oxygen atoms in total. The standard InChI is InChI=1S/C12H17N3O5/c1-12(2,3)14(7-10(16)17)11-8(15(18)19)5-6-9(13-11)20-4/h5-6H,7H2,1-4H3,(H,16,17). The van der Waals surface area contributed by atoms with E-state index in [-0.39, 0.29) is 17.4 Å². The molecule has 0 fully saturated rings. The summed E-state index contributed by atoms with van der Waals surface area (Å²) in [6, 6.07) is 2.62. The molecule has 0 aliphatic rings. The van der Waals surface area contributed by atoms with Crippen LogP contribution in [-0.2, 0) is 4.79 Å². The van der Waals surface area contributed by atoms with Crippen LogP contribution in [0.4, 0.5) is 11.5 Å². The van der Waals surface area contributed by atoms with Gasteiger partial charge >= 0.3 is 11.7 Å². The van der Waals surface area contributed by atoms with Crippen molar-refractivity contribution in [1.29, 1.82) is 0 Å². The summed E-state index contributed by atoms with van der Waals surface area (Å²) < 4.78 is 4.95. The summed E-state index contributed by atoms with van der Waals surface area (Å²) in [7, 11) is 1.39. The molecular weight excluding hydrogens is 266 g/mol. The van der Waals surface area contributed by atoms with Gasteiger partial charge in [0.2, 0.25) is 11.7 Å². The van der Waals surface area contributed by atoms with Crippen molar-refractivity contribution in [1.82, 2.24) is 4.98 Å². The molecule has 1 aromatic rings. The van der Waals surface area contributed by atoms with Gasteiger partial charge in [-0.15, -0.1) is 0 Å². The Kier molecular flexibility index (Phi) is 4.49. The Balaban J connectivity index is 3.43. The molecule has 0 atom stereocenters. The van der Waals surface area contributed by atoms with Gasteiger partial charge in [0.05, 0.1) is 12.0 Å². The van der Waals surface area contributed by atoms with Crippen LogP contribution in [0.5, 0.6) is 5.88 Å². The number of carboxylic acids is 1. The van der Waals surface area contributed by atoms with Crippen LogP contribution >= 0.6 is 0 Å². The number of pyridine rings is 1. The number of nitro groups is 1. The molecular formula is C12H17N3O5. The fourth-order valence-corrected chi connectivity index (χ4v) is 1.64. The Morgan fingerprint density at radius 3 is 2.50 bits per heavy atom. The molecule has 0 saturated carbocycles. The van der Waals surface area contributed by atoms with E-state index in [1.165, 1.54) is 24.1 Å². The first kappa shape index (κ1) is 15.7. The summed E-state index contributed by atoms with van der Waals surface area (Å²) in [5, 5.41) is 20.1. The van der Waals surface area contributed by atoms with Crippen molar-refractivity contribution >= 4 is 17.5 Å². The number of ether oxygens (including phenoxy) is 1. The maximum atomic E-state index is 11.1. The van der Waals surface area contributed by atoms with Gasteiger partial charge in [0, 0.05) is 17.7 Å². The lowest BCUT2D eigenvalue weighted by atomic mass is 10.1. The van der Waals surface area contributed by atoms with Crippen LogP contribution in [0, 0.1) is 10.1 Å². The Hall–Kier alpha value is -2.38. The number of methoxy groups -OCH3 is 1. The number of hydrogen-bond donors (Lipinski definition) is 1. The third-order valence-electron chi connectivity index (χ3n) is 2.59. The van der Waals surface area contributed by atoms with Gasteiger partial charge in [-0.05, 0) is 20.8 Å². The minimum Gasteiger partial charge on any atom is -0.481 e. The molecule has 1 heterocycles. The molecule has 0 spiro atoms. The maximum absolute atomic E-state index is 11.1. The lowest BCUT2D eigenvalue weighted by molar-refractivity contribution is -0.384. The van der Waals surface area contributed by atoms with Crippen molar-refractivity contribution in [2.75, 3.05) is 18.6 Å². The molecule has 0 radical (unpaired) electrons. The Morgan fingerprint density at radius 2 is 2.10 bits per heavy atom. The van der Waals surface area contributed by atoms with Gasteiger partial charge < -0.3 is 14.7 Å². The van der Waals surface area contributed by atoms with Gasteiger partial charge in [-0.1, -0.05) is 0 Å². The molecule has 1 aromatic heterocycles. The van der Waals surface area contributed by atoms with E-state index in [2.05, 4.69) is 4.98 Å². The van der Waals surface area contributed by atoms with E-state index in [1.807, 2.05) is 0 Å². The highest BCUT2D eigenvalue weighted by atomic mass is 16.6. The number of aromatic nitrogens is 1. The van der Waals surface area contributed by atoms with Gasteiger partial charge in [0.25, 0.3) is 0 Å². The quantitative estimate of drug-likeness (QED) is 0.647. The average molecular weight is 283 g/mol. The number of hydrogen-bond acceptors (Lipinski definition) is 6. The fourth-order valence-electron chi connectivity index (χ4n) is 1.64. The first-order chi connectivity index (χ1) is 9.16. The van der Waals surface area contributed by atoms with Crippen molar-refractivity contribution in [2.45, 2.75) is 26.3 Å². The smallest absolute Gasteiger partial charge is 0.323 e. The summed E-state index contributed by atoms with van der Waals surface area (Å²) >= 11 is 0.